The molecule has 2 N–H and O–H groups in total. The first-order valence-corrected chi connectivity index (χ1v) is 28.5. The van der Waals surface area contributed by atoms with Gasteiger partial charge in [0.15, 0.2) is 0 Å². The fourth-order valence-corrected chi connectivity index (χ4v) is 11.2. The van der Waals surface area contributed by atoms with Gasteiger partial charge in [-0.15, -0.1) is 0 Å². The minimum atomic E-state index is -1.48. The molecule has 0 bridgehead atoms. The van der Waals surface area contributed by atoms with E-state index in [9.17, 15) is 9.59 Å². The van der Waals surface area contributed by atoms with Crippen LogP contribution in [-0.4, -0.2) is 111 Å². The second kappa shape index (κ2) is 31.6. The van der Waals surface area contributed by atoms with Crippen LogP contribution in [0.2, 0.25) is 0 Å². The summed E-state index contributed by atoms with van der Waals surface area (Å²) < 4.78 is 26.4. The average molecular weight is 1160 g/mol. The number of benzene rings is 4. The number of imidazole rings is 2. The van der Waals surface area contributed by atoms with Crippen molar-refractivity contribution in [3.8, 4) is 11.3 Å². The molecule has 2 amide bonds. The highest BCUT2D eigenvalue weighted by Crippen LogP contribution is 2.33. The van der Waals surface area contributed by atoms with E-state index < -0.39 is 7.12 Å². The predicted octanol–water partition coefficient (Wildman–Crippen LogP) is 12.3. The number of likely N-dealkylation sites (tertiary alicyclic amines) is 2. The van der Waals surface area contributed by atoms with E-state index in [0.29, 0.717) is 18.8 Å². The largest absolute Gasteiger partial charge is 0.526 e. The van der Waals surface area contributed by atoms with Crippen molar-refractivity contribution in [2.45, 2.75) is 118 Å². The van der Waals surface area contributed by atoms with Crippen LogP contribution >= 0.6 is 15.9 Å². The Labute approximate surface area is 482 Å². The Morgan fingerprint density at radius 1 is 0.637 bits per heavy atom. The highest BCUT2D eigenvalue weighted by Gasteiger charge is 2.31. The second-order valence-electron chi connectivity index (χ2n) is 21.0. The first kappa shape index (κ1) is 62.9. The van der Waals surface area contributed by atoms with Gasteiger partial charge in [-0.05, 0) is 135 Å². The fraction of sp³-hybridized carbons (Fsp3) is 0.438. The lowest BCUT2D eigenvalue weighted by atomic mass is 9.88. The number of ether oxygens (including phenoxy) is 2. The maximum Gasteiger partial charge on any atom is 0.526 e. The molecule has 6 heterocycles. The molecule has 14 nitrogen and oxygen atoms in total. The van der Waals surface area contributed by atoms with Crippen LogP contribution in [0.4, 0.5) is 0 Å². The van der Waals surface area contributed by atoms with Crippen LogP contribution in [0, 0.1) is 11.8 Å². The van der Waals surface area contributed by atoms with Crippen LogP contribution in [0.5, 0.6) is 0 Å². The van der Waals surface area contributed by atoms with Crippen LogP contribution in [-0.2, 0) is 45.0 Å². The molecule has 2 fully saturated rings. The Bertz CT molecular complexity index is 3070. The van der Waals surface area contributed by atoms with E-state index in [1.165, 1.54) is 34.5 Å². The first-order valence-electron chi connectivity index (χ1n) is 27.7. The third kappa shape index (κ3) is 17.4. The minimum absolute atomic E-state index is 0. The average Bonchev–Trinajstić information content (AvgIpc) is 4.41. The maximum atomic E-state index is 13.3. The number of aromatic nitrogens is 4. The van der Waals surface area contributed by atoms with Gasteiger partial charge in [-0.2, -0.15) is 0 Å². The molecular weight excluding hydrogens is 1070 g/mol. The summed E-state index contributed by atoms with van der Waals surface area (Å²) in [7, 11) is 2.01. The molecule has 0 saturated carbocycles. The number of carbonyl (C=O) groups is 2. The van der Waals surface area contributed by atoms with Crippen LogP contribution in [0.25, 0.3) is 33.4 Å². The lowest BCUT2D eigenvalue weighted by Gasteiger charge is -2.33. The van der Waals surface area contributed by atoms with Crippen molar-refractivity contribution in [3.63, 3.8) is 0 Å². The number of carbonyl (C=O) groups excluding carboxylic acids is 2. The zero-order valence-electron chi connectivity index (χ0n) is 45.7. The van der Waals surface area contributed by atoms with E-state index in [1.54, 1.807) is 26.5 Å². The fourth-order valence-electron chi connectivity index (χ4n) is 11.0. The Morgan fingerprint density at radius 2 is 1.10 bits per heavy atom. The number of amides is 2. The molecule has 0 spiro atoms. The zero-order valence-corrected chi connectivity index (χ0v) is 47.3. The number of nitrogens with zero attached hydrogens (tertiary/aromatic N) is 6. The molecule has 0 radical (unpaired) electrons. The maximum absolute atomic E-state index is 13.3. The monoisotopic (exact) mass is 1150 g/mol. The Balaban J connectivity index is 0.000000222. The molecule has 0 aliphatic carbocycles. The molecule has 16 heteroatoms. The van der Waals surface area contributed by atoms with Crippen molar-refractivity contribution in [2.24, 2.45) is 11.8 Å². The molecule has 0 unspecified atom stereocenters. The van der Waals surface area contributed by atoms with Gasteiger partial charge in [0.1, 0.15) is 23.1 Å². The van der Waals surface area contributed by atoms with Crippen LogP contribution in [0.1, 0.15) is 115 Å². The van der Waals surface area contributed by atoms with Crippen LogP contribution in [0.15, 0.2) is 147 Å². The quantitative estimate of drug-likeness (QED) is 0.0555. The van der Waals surface area contributed by atoms with Crippen molar-refractivity contribution in [2.75, 3.05) is 53.6 Å². The summed E-state index contributed by atoms with van der Waals surface area (Å²) >= 11 is 3.49. The SMILES string of the molecule is C.C.COCCCn1c([C@@H]2CCCN(C(=O)C[C@H](C)Cc3ccc(-c4ccco4)cc3)C2)nc2ccccc21.COCCCn1c([C@@H]2CCCN(C(=O)C[C@H](C)Cc3ccc(Br)cc3)C2)nc2ccccc21.OB(O)c1ccco1. The highest BCUT2D eigenvalue weighted by atomic mass is 79.9. The number of aryl methyl sites for hydroxylation is 2. The highest BCUT2D eigenvalue weighted by molar-refractivity contribution is 9.10. The van der Waals surface area contributed by atoms with E-state index in [0.717, 1.165) is 142 Å². The van der Waals surface area contributed by atoms with Gasteiger partial charge in [0.05, 0.1) is 34.6 Å². The summed E-state index contributed by atoms with van der Waals surface area (Å²) in [5.74, 6) is 4.77. The zero-order chi connectivity index (χ0) is 54.8. The molecule has 4 aromatic heterocycles. The van der Waals surface area contributed by atoms with Gasteiger partial charge in [0.2, 0.25) is 11.8 Å². The van der Waals surface area contributed by atoms with Gasteiger partial charge < -0.3 is 47.3 Å². The Hall–Kier alpha value is -6.30. The van der Waals surface area contributed by atoms with E-state index in [2.05, 4.69) is 138 Å². The number of methoxy groups -OCH3 is 2. The third-order valence-corrected chi connectivity index (χ3v) is 15.3. The van der Waals surface area contributed by atoms with Gasteiger partial charge in [0.25, 0.3) is 0 Å². The second-order valence-corrected chi connectivity index (χ2v) is 21.9. The van der Waals surface area contributed by atoms with Gasteiger partial charge in [-0.3, -0.25) is 9.59 Å². The molecule has 2 saturated heterocycles. The summed E-state index contributed by atoms with van der Waals surface area (Å²) in [5.41, 5.74) is 8.19. The molecule has 2 aliphatic rings. The molecule has 4 atom stereocenters. The molecule has 428 valence electrons. The topological polar surface area (TPSA) is 161 Å². The number of para-hydroxylation sites is 4. The number of hydrogen-bond donors (Lipinski definition) is 2. The summed E-state index contributed by atoms with van der Waals surface area (Å²) in [6.07, 6.45) is 12.1. The number of furan rings is 2. The van der Waals surface area contributed by atoms with Crippen molar-refractivity contribution < 1.29 is 37.9 Å². The Kier molecular flexibility index (Phi) is 24.9. The van der Waals surface area contributed by atoms with Crippen molar-refractivity contribution in [1.29, 1.82) is 0 Å². The molecular formula is C64H84BBrN6O8. The molecule has 4 aromatic carbocycles. The van der Waals surface area contributed by atoms with E-state index in [1.807, 2.05) is 24.3 Å². The first-order chi connectivity index (χ1) is 38.0. The molecule has 80 heavy (non-hydrogen) atoms. The molecule has 2 aliphatic heterocycles. The summed E-state index contributed by atoms with van der Waals surface area (Å²) in [4.78, 5) is 40.7. The lowest BCUT2D eigenvalue weighted by molar-refractivity contribution is -0.134. The van der Waals surface area contributed by atoms with Gasteiger partial charge >= 0.3 is 7.12 Å². The summed E-state index contributed by atoms with van der Waals surface area (Å²) in [5, 5.41) is 16.7. The lowest BCUT2D eigenvalue weighted by Crippen LogP contribution is -2.40. The van der Waals surface area contributed by atoms with Gasteiger partial charge in [0, 0.05) is 101 Å². The molecule has 8 aromatic rings. The number of rotatable bonds is 20. The molecule has 10 rings (SSSR count). The van der Waals surface area contributed by atoms with Crippen LogP contribution < -0.4 is 5.66 Å². The number of halogens is 1. The van der Waals surface area contributed by atoms with Gasteiger partial charge in [-0.25, -0.2) is 9.97 Å². The van der Waals surface area contributed by atoms with Crippen molar-refractivity contribution >= 4 is 62.6 Å². The predicted molar refractivity (Wildman–Crippen MR) is 325 cm³/mol. The normalized spacial score (nSPS) is 15.9. The standard InChI is InChI=1S/C31H37N3O3.C27H34BrN3O2.C4H5BO3.2CH4/c1-23(20-24-12-14-25(15-13-24)29-11-6-19-37-29)21-30(35)33-16-5-8-26(22-33)31-32-27-9-3-4-10-28(27)34(31)17-7-18-36-2;1-20(17-21-10-12-23(28)13-11-21)18-26(32)30-14-5-7-22(19-30)27-29-24-8-3-4-9-25(24)31(27)15-6-16-33-2;6-5(7)4-2-1-3-8-4;;/h3-4,6,9-15,19,23,26H,5,7-8,16-18,20-22H2,1-2H3;3-4,8-13,20,22H,5-7,14-19H2,1-2H3;1-3,6-7H;2*1H4/t23-,26-;20-,22-;;;/m11.../s1. The van der Waals surface area contributed by atoms with Gasteiger partial charge in [-0.1, -0.05) is 105 Å². The van der Waals surface area contributed by atoms with E-state index in [-0.39, 0.29) is 50.1 Å². The Morgan fingerprint density at radius 3 is 1.52 bits per heavy atom. The summed E-state index contributed by atoms with van der Waals surface area (Å²) in [6, 6.07) is 40.5. The number of fused-ring (bicyclic) bond motifs is 2. The van der Waals surface area contributed by atoms with Crippen molar-refractivity contribution in [3.05, 3.63) is 161 Å². The van der Waals surface area contributed by atoms with Crippen molar-refractivity contribution in [1.82, 2.24) is 28.9 Å². The number of hydrogen-bond acceptors (Lipinski definition) is 10. The summed E-state index contributed by atoms with van der Waals surface area (Å²) in [6.45, 7) is 10.8. The van der Waals surface area contributed by atoms with E-state index in [4.69, 9.17) is 33.9 Å². The van der Waals surface area contributed by atoms with Crippen LogP contribution in [0.3, 0.4) is 0 Å². The van der Waals surface area contributed by atoms with E-state index >= 15 is 0 Å². The minimum Gasteiger partial charge on any atom is -0.473 e. The third-order valence-electron chi connectivity index (χ3n) is 14.8. The smallest absolute Gasteiger partial charge is 0.473 e. The number of piperidine rings is 2.